The van der Waals surface area contributed by atoms with Gasteiger partial charge in [-0.15, -0.1) is 0 Å². The second kappa shape index (κ2) is 6.87. The van der Waals surface area contributed by atoms with E-state index < -0.39 is 8.32 Å². The average molecular weight is 284 g/mol. The first-order chi connectivity index (χ1) is 9.73. The van der Waals surface area contributed by atoms with Crippen LogP contribution in [-0.4, -0.2) is 14.4 Å². The fourth-order valence-corrected chi connectivity index (χ4v) is 6.54. The molecule has 0 N–H and O–H groups in total. The lowest BCUT2D eigenvalue weighted by molar-refractivity contribution is 0.213. The Morgan fingerprint density at radius 3 is 1.65 bits per heavy atom. The topological polar surface area (TPSA) is 9.23 Å². The Morgan fingerprint density at radius 2 is 1.30 bits per heavy atom. The van der Waals surface area contributed by atoms with E-state index in [2.05, 4.69) is 81.4 Å². The van der Waals surface area contributed by atoms with Crippen LogP contribution in [-0.2, 0) is 4.43 Å². The quantitative estimate of drug-likeness (QED) is 0.737. The molecule has 0 amide bonds. The summed E-state index contributed by atoms with van der Waals surface area (Å²) >= 11 is 0. The highest BCUT2D eigenvalue weighted by Crippen LogP contribution is 2.16. The van der Waals surface area contributed by atoms with Crippen molar-refractivity contribution in [2.75, 3.05) is 0 Å². The zero-order valence-corrected chi connectivity index (χ0v) is 13.7. The van der Waals surface area contributed by atoms with Gasteiger partial charge in [-0.2, -0.15) is 0 Å². The van der Waals surface area contributed by atoms with Crippen molar-refractivity contribution >= 4 is 18.7 Å². The molecule has 20 heavy (non-hydrogen) atoms. The van der Waals surface area contributed by atoms with E-state index in [1.807, 2.05) is 0 Å². The number of hydrogen-bond donors (Lipinski definition) is 0. The third kappa shape index (κ3) is 3.02. The van der Waals surface area contributed by atoms with Crippen LogP contribution in [0.3, 0.4) is 0 Å². The summed E-state index contributed by atoms with van der Waals surface area (Å²) < 4.78 is 6.65. The predicted octanol–water partition coefficient (Wildman–Crippen LogP) is 3.58. The van der Waals surface area contributed by atoms with Crippen LogP contribution in [0.1, 0.15) is 27.2 Å². The maximum Gasteiger partial charge on any atom is 0.255 e. The first-order valence-electron chi connectivity index (χ1n) is 7.51. The lowest BCUT2D eigenvalue weighted by atomic mass is 10.3. The fraction of sp³-hybridized carbons (Fsp3) is 0.333. The summed E-state index contributed by atoms with van der Waals surface area (Å²) in [6.07, 6.45) is 1.34. The van der Waals surface area contributed by atoms with Crippen LogP contribution < -0.4 is 10.4 Å². The number of benzene rings is 2. The van der Waals surface area contributed by atoms with Crippen LogP contribution >= 0.6 is 0 Å². The molecule has 2 rings (SSSR count). The van der Waals surface area contributed by atoms with Crippen LogP contribution in [0.15, 0.2) is 60.7 Å². The minimum Gasteiger partial charge on any atom is -0.405 e. The molecule has 106 valence electrons. The summed E-state index contributed by atoms with van der Waals surface area (Å²) in [5.74, 6) is 0. The molecule has 2 aromatic carbocycles. The van der Waals surface area contributed by atoms with Crippen LogP contribution in [0, 0.1) is 0 Å². The first kappa shape index (κ1) is 15.0. The largest absolute Gasteiger partial charge is 0.405 e. The Labute approximate surface area is 123 Å². The first-order valence-corrected chi connectivity index (χ1v) is 9.63. The van der Waals surface area contributed by atoms with Gasteiger partial charge < -0.3 is 4.43 Å². The average Bonchev–Trinajstić information content (AvgIpc) is 2.54. The van der Waals surface area contributed by atoms with Gasteiger partial charge in [-0.05, 0) is 29.8 Å². The van der Waals surface area contributed by atoms with E-state index in [-0.39, 0.29) is 0 Å². The summed E-state index contributed by atoms with van der Waals surface area (Å²) in [4.78, 5) is 0. The van der Waals surface area contributed by atoms with E-state index in [1.54, 1.807) is 0 Å². The lowest BCUT2D eigenvalue weighted by Crippen LogP contribution is -2.61. The number of rotatable bonds is 6. The SMILES string of the molecule is CCC(C)O[Si](CC)(c1ccccc1)c1ccccc1. The highest BCUT2D eigenvalue weighted by Gasteiger charge is 2.38. The minimum atomic E-state index is -2.11. The molecule has 0 saturated heterocycles. The second-order valence-electron chi connectivity index (χ2n) is 5.25. The van der Waals surface area contributed by atoms with Gasteiger partial charge in [0.2, 0.25) is 0 Å². The molecule has 0 aliphatic heterocycles. The van der Waals surface area contributed by atoms with E-state index in [9.17, 15) is 0 Å². The van der Waals surface area contributed by atoms with Gasteiger partial charge in [0.1, 0.15) is 0 Å². The maximum atomic E-state index is 6.65. The molecule has 0 fully saturated rings. The van der Waals surface area contributed by atoms with Gasteiger partial charge in [0.25, 0.3) is 8.32 Å². The van der Waals surface area contributed by atoms with Crippen LogP contribution in [0.25, 0.3) is 0 Å². The maximum absolute atomic E-state index is 6.65. The van der Waals surface area contributed by atoms with Crippen molar-refractivity contribution in [2.24, 2.45) is 0 Å². The Hall–Kier alpha value is -1.38. The predicted molar refractivity (Wildman–Crippen MR) is 89.2 cm³/mol. The van der Waals surface area contributed by atoms with Crippen molar-refractivity contribution in [1.29, 1.82) is 0 Å². The highest BCUT2D eigenvalue weighted by atomic mass is 28.4. The molecule has 1 unspecified atom stereocenters. The molecule has 2 heteroatoms. The molecule has 0 aromatic heterocycles. The molecule has 0 aliphatic carbocycles. The Kier molecular flexibility index (Phi) is 5.15. The van der Waals surface area contributed by atoms with E-state index >= 15 is 0 Å². The third-order valence-corrected chi connectivity index (χ3v) is 8.29. The minimum absolute atomic E-state index is 0.294. The second-order valence-corrected chi connectivity index (χ2v) is 9.00. The molecule has 0 aliphatic rings. The van der Waals surface area contributed by atoms with E-state index in [4.69, 9.17) is 4.43 Å². The van der Waals surface area contributed by atoms with Crippen LogP contribution in [0.4, 0.5) is 0 Å². The molecule has 1 atom stereocenters. The molecular weight excluding hydrogens is 260 g/mol. The Bertz CT molecular complexity index is 470. The molecule has 0 radical (unpaired) electrons. The van der Waals surface area contributed by atoms with Gasteiger partial charge in [-0.25, -0.2) is 0 Å². The van der Waals surface area contributed by atoms with Gasteiger partial charge in [0.15, 0.2) is 0 Å². The van der Waals surface area contributed by atoms with Gasteiger partial charge in [-0.3, -0.25) is 0 Å². The van der Waals surface area contributed by atoms with E-state index in [1.165, 1.54) is 10.4 Å². The molecule has 0 saturated carbocycles. The fourth-order valence-electron chi connectivity index (χ4n) is 2.64. The van der Waals surface area contributed by atoms with Gasteiger partial charge in [0.05, 0.1) is 0 Å². The highest BCUT2D eigenvalue weighted by molar-refractivity contribution is 6.97. The number of hydrogen-bond acceptors (Lipinski definition) is 1. The van der Waals surface area contributed by atoms with Crippen molar-refractivity contribution in [3.63, 3.8) is 0 Å². The van der Waals surface area contributed by atoms with E-state index in [0.717, 1.165) is 12.5 Å². The van der Waals surface area contributed by atoms with Crippen molar-refractivity contribution in [3.8, 4) is 0 Å². The van der Waals surface area contributed by atoms with Crippen LogP contribution in [0.5, 0.6) is 0 Å². The third-order valence-electron chi connectivity index (χ3n) is 3.96. The van der Waals surface area contributed by atoms with Crippen molar-refractivity contribution in [3.05, 3.63) is 60.7 Å². The van der Waals surface area contributed by atoms with E-state index in [0.29, 0.717) is 6.10 Å². The standard InChI is InChI=1S/C18H24OSi/c1-4-16(3)19-20(5-2,17-12-8-6-9-13-17)18-14-10-7-11-15-18/h6-16H,4-5H2,1-3H3. The van der Waals surface area contributed by atoms with Crippen molar-refractivity contribution in [1.82, 2.24) is 0 Å². The normalized spacial score (nSPS) is 13.2. The summed E-state index contributed by atoms with van der Waals surface area (Å²) in [6, 6.07) is 22.6. The molecule has 0 spiro atoms. The lowest BCUT2D eigenvalue weighted by Gasteiger charge is -2.34. The molecular formula is C18H24OSi. The molecule has 0 heterocycles. The van der Waals surface area contributed by atoms with Gasteiger partial charge in [-0.1, -0.05) is 74.5 Å². The summed E-state index contributed by atoms with van der Waals surface area (Å²) in [6.45, 7) is 6.63. The van der Waals surface area contributed by atoms with Gasteiger partial charge in [0, 0.05) is 6.10 Å². The smallest absolute Gasteiger partial charge is 0.255 e. The zero-order chi connectivity index (χ0) is 14.4. The Morgan fingerprint density at radius 1 is 0.850 bits per heavy atom. The van der Waals surface area contributed by atoms with Crippen molar-refractivity contribution in [2.45, 2.75) is 39.3 Å². The van der Waals surface area contributed by atoms with Crippen molar-refractivity contribution < 1.29 is 4.43 Å². The summed E-state index contributed by atoms with van der Waals surface area (Å²) in [7, 11) is -2.11. The molecule has 0 bridgehead atoms. The Balaban J connectivity index is 2.52. The summed E-state index contributed by atoms with van der Waals surface area (Å²) in [5, 5.41) is 2.74. The van der Waals surface area contributed by atoms with Crippen LogP contribution in [0.2, 0.25) is 6.04 Å². The zero-order valence-electron chi connectivity index (χ0n) is 12.7. The molecule has 1 nitrogen and oxygen atoms in total. The van der Waals surface area contributed by atoms with Gasteiger partial charge >= 0.3 is 0 Å². The summed E-state index contributed by atoms with van der Waals surface area (Å²) in [5.41, 5.74) is 0. The monoisotopic (exact) mass is 284 g/mol. The molecule has 2 aromatic rings.